The van der Waals surface area contributed by atoms with Crippen molar-refractivity contribution in [1.82, 2.24) is 15.5 Å². The smallest absolute Gasteiger partial charge is 0.219 e. The van der Waals surface area contributed by atoms with Crippen LogP contribution in [-0.2, 0) is 4.79 Å². The summed E-state index contributed by atoms with van der Waals surface area (Å²) in [4.78, 5) is 14.1. The fourth-order valence-corrected chi connectivity index (χ4v) is 6.20. The maximum absolute atomic E-state index is 12.0. The van der Waals surface area contributed by atoms with E-state index >= 15 is 0 Å². The number of likely N-dealkylation sites (tertiary alicyclic amines) is 1. The molecular formula is C23H43N3O3. The summed E-state index contributed by atoms with van der Waals surface area (Å²) in [5.41, 5.74) is 0. The zero-order valence-electron chi connectivity index (χ0n) is 19.0. The monoisotopic (exact) mass is 409 g/mol. The lowest BCUT2D eigenvalue weighted by Crippen LogP contribution is -2.39. The first-order chi connectivity index (χ1) is 13.7. The molecule has 3 aliphatic rings. The van der Waals surface area contributed by atoms with Gasteiger partial charge in [0.1, 0.15) is 0 Å². The average Bonchev–Trinajstić information content (AvgIpc) is 3.34. The number of aliphatic hydroxyl groups is 2. The third-order valence-electron chi connectivity index (χ3n) is 7.89. The predicted molar refractivity (Wildman–Crippen MR) is 115 cm³/mol. The summed E-state index contributed by atoms with van der Waals surface area (Å²) in [5.74, 6) is 2.32. The third-order valence-corrected chi connectivity index (χ3v) is 7.89. The van der Waals surface area contributed by atoms with Gasteiger partial charge in [-0.2, -0.15) is 0 Å². The van der Waals surface area contributed by atoms with Gasteiger partial charge in [0, 0.05) is 44.7 Å². The second-order valence-electron chi connectivity index (χ2n) is 10.6. The first-order valence-corrected chi connectivity index (χ1v) is 11.8. The van der Waals surface area contributed by atoms with Crippen LogP contribution in [0.4, 0.5) is 0 Å². The van der Waals surface area contributed by atoms with Gasteiger partial charge in [-0.05, 0) is 55.3 Å². The second-order valence-corrected chi connectivity index (χ2v) is 10.6. The van der Waals surface area contributed by atoms with Gasteiger partial charge in [0.2, 0.25) is 5.91 Å². The molecule has 6 nitrogen and oxygen atoms in total. The molecule has 0 aromatic carbocycles. The van der Waals surface area contributed by atoms with E-state index in [2.05, 4.69) is 43.2 Å². The van der Waals surface area contributed by atoms with Gasteiger partial charge >= 0.3 is 0 Å². The molecule has 3 rings (SSSR count). The van der Waals surface area contributed by atoms with E-state index in [4.69, 9.17) is 0 Å². The molecule has 0 aromatic heterocycles. The van der Waals surface area contributed by atoms with E-state index in [1.807, 2.05) is 0 Å². The van der Waals surface area contributed by atoms with Crippen molar-refractivity contribution >= 4 is 5.91 Å². The van der Waals surface area contributed by atoms with Crippen LogP contribution >= 0.6 is 0 Å². The Kier molecular flexibility index (Phi) is 7.63. The SMILES string of the molecule is CC(=O)N1CC(CC(C)C2NCC(CC(C)C3CC(O)CN3)C2O)CC1C(C)C. The van der Waals surface area contributed by atoms with E-state index in [0.29, 0.717) is 42.3 Å². The number of amides is 1. The Morgan fingerprint density at radius 1 is 1.03 bits per heavy atom. The molecule has 0 aromatic rings. The van der Waals surface area contributed by atoms with Crippen LogP contribution in [0.3, 0.4) is 0 Å². The van der Waals surface area contributed by atoms with Crippen LogP contribution in [0, 0.1) is 29.6 Å². The summed E-state index contributed by atoms with van der Waals surface area (Å²) in [7, 11) is 0. The summed E-state index contributed by atoms with van der Waals surface area (Å²) in [6.07, 6.45) is 3.41. The number of aliphatic hydroxyl groups excluding tert-OH is 2. The fraction of sp³-hybridized carbons (Fsp3) is 0.957. The summed E-state index contributed by atoms with van der Waals surface area (Å²) in [6, 6.07) is 0.852. The zero-order chi connectivity index (χ0) is 21.3. The van der Waals surface area contributed by atoms with Crippen LogP contribution in [0.2, 0.25) is 0 Å². The van der Waals surface area contributed by atoms with Gasteiger partial charge in [-0.1, -0.05) is 27.7 Å². The van der Waals surface area contributed by atoms with Crippen LogP contribution in [0.5, 0.6) is 0 Å². The van der Waals surface area contributed by atoms with Crippen molar-refractivity contribution in [1.29, 1.82) is 0 Å². The largest absolute Gasteiger partial charge is 0.392 e. The first-order valence-electron chi connectivity index (χ1n) is 11.8. The van der Waals surface area contributed by atoms with Crippen molar-refractivity contribution in [2.45, 2.75) is 90.6 Å². The summed E-state index contributed by atoms with van der Waals surface area (Å²) in [6.45, 7) is 13.0. The number of nitrogens with zero attached hydrogens (tertiary/aromatic N) is 1. The molecule has 9 unspecified atom stereocenters. The molecule has 4 N–H and O–H groups in total. The van der Waals surface area contributed by atoms with Crippen LogP contribution in [-0.4, -0.2) is 71.0 Å². The minimum absolute atomic E-state index is 0.137. The van der Waals surface area contributed by atoms with Gasteiger partial charge in [-0.3, -0.25) is 4.79 Å². The Balaban J connectivity index is 1.50. The number of β-amino-alcohol motifs (C(OH)–C–C–N with tert-alkyl or cyclic N) is 1. The first kappa shape index (κ1) is 23.0. The van der Waals surface area contributed by atoms with Gasteiger partial charge in [0.05, 0.1) is 12.2 Å². The van der Waals surface area contributed by atoms with Crippen molar-refractivity contribution in [2.24, 2.45) is 29.6 Å². The molecule has 3 fully saturated rings. The predicted octanol–water partition coefficient (Wildman–Crippen LogP) is 1.60. The molecular weight excluding hydrogens is 366 g/mol. The number of carbonyl (C=O) groups is 1. The van der Waals surface area contributed by atoms with Gasteiger partial charge in [0.25, 0.3) is 0 Å². The zero-order valence-corrected chi connectivity index (χ0v) is 19.0. The van der Waals surface area contributed by atoms with Crippen molar-refractivity contribution in [3.05, 3.63) is 0 Å². The highest BCUT2D eigenvalue weighted by Gasteiger charge is 2.42. The van der Waals surface area contributed by atoms with E-state index in [0.717, 1.165) is 38.8 Å². The summed E-state index contributed by atoms with van der Waals surface area (Å²) < 4.78 is 0. The Morgan fingerprint density at radius 3 is 2.31 bits per heavy atom. The maximum atomic E-state index is 12.0. The van der Waals surface area contributed by atoms with Crippen LogP contribution in [0.1, 0.15) is 60.3 Å². The van der Waals surface area contributed by atoms with Crippen molar-refractivity contribution in [3.8, 4) is 0 Å². The van der Waals surface area contributed by atoms with Crippen LogP contribution in [0.25, 0.3) is 0 Å². The van der Waals surface area contributed by atoms with Gasteiger partial charge < -0.3 is 25.7 Å². The minimum atomic E-state index is -0.315. The third kappa shape index (κ3) is 5.33. The van der Waals surface area contributed by atoms with E-state index in [1.54, 1.807) is 6.92 Å². The van der Waals surface area contributed by atoms with Crippen LogP contribution in [0.15, 0.2) is 0 Å². The van der Waals surface area contributed by atoms with E-state index in [1.165, 1.54) is 0 Å². The number of carbonyl (C=O) groups excluding carboxylic acids is 1. The highest BCUT2D eigenvalue weighted by molar-refractivity contribution is 5.74. The molecule has 0 bridgehead atoms. The fourth-order valence-electron chi connectivity index (χ4n) is 6.20. The Bertz CT molecular complexity index is 557. The maximum Gasteiger partial charge on any atom is 0.219 e. The summed E-state index contributed by atoms with van der Waals surface area (Å²) >= 11 is 0. The molecule has 0 radical (unpaired) electrons. The number of hydrogen-bond acceptors (Lipinski definition) is 5. The molecule has 9 atom stereocenters. The lowest BCUT2D eigenvalue weighted by Gasteiger charge is -2.28. The van der Waals surface area contributed by atoms with Gasteiger partial charge in [-0.25, -0.2) is 0 Å². The highest BCUT2D eigenvalue weighted by Crippen LogP contribution is 2.36. The van der Waals surface area contributed by atoms with Gasteiger partial charge in [-0.15, -0.1) is 0 Å². The quantitative estimate of drug-likeness (QED) is 0.513. The standard InChI is InChI=1S/C23H43N3O3/c1-13(2)21-8-17(12-26(21)16(5)27)6-15(4)22-23(29)18(10-25-22)7-14(3)20-9-19(28)11-24-20/h13-15,17-25,28-29H,6-12H2,1-5H3. The lowest BCUT2D eigenvalue weighted by atomic mass is 9.82. The molecule has 0 aliphatic carbocycles. The second kappa shape index (κ2) is 9.63. The molecule has 0 saturated carbocycles. The van der Waals surface area contributed by atoms with E-state index in [-0.39, 0.29) is 30.1 Å². The molecule has 3 saturated heterocycles. The van der Waals surface area contributed by atoms with Crippen molar-refractivity contribution < 1.29 is 15.0 Å². The van der Waals surface area contributed by atoms with Crippen LogP contribution < -0.4 is 10.6 Å². The molecule has 6 heteroatoms. The van der Waals surface area contributed by atoms with Gasteiger partial charge in [0.15, 0.2) is 0 Å². The molecule has 168 valence electrons. The molecule has 0 spiro atoms. The van der Waals surface area contributed by atoms with E-state index in [9.17, 15) is 15.0 Å². The number of hydrogen-bond donors (Lipinski definition) is 4. The Labute approximate surface area is 176 Å². The van der Waals surface area contributed by atoms with E-state index < -0.39 is 0 Å². The molecule has 3 heterocycles. The lowest BCUT2D eigenvalue weighted by molar-refractivity contribution is -0.130. The summed E-state index contributed by atoms with van der Waals surface area (Å²) in [5, 5.41) is 27.8. The average molecular weight is 410 g/mol. The topological polar surface area (TPSA) is 84.8 Å². The van der Waals surface area contributed by atoms with Crippen molar-refractivity contribution in [2.75, 3.05) is 19.6 Å². The van der Waals surface area contributed by atoms with Crippen molar-refractivity contribution in [3.63, 3.8) is 0 Å². The Hall–Kier alpha value is -0.690. The minimum Gasteiger partial charge on any atom is -0.392 e. The Morgan fingerprint density at radius 2 is 1.76 bits per heavy atom. The number of nitrogens with one attached hydrogen (secondary N) is 2. The number of rotatable bonds is 7. The molecule has 1 amide bonds. The molecule has 3 aliphatic heterocycles. The molecule has 29 heavy (non-hydrogen) atoms. The highest BCUT2D eigenvalue weighted by atomic mass is 16.3. The normalized spacial score (nSPS) is 40.0.